The van der Waals surface area contributed by atoms with E-state index in [1.807, 2.05) is 6.07 Å². The van der Waals surface area contributed by atoms with Crippen molar-refractivity contribution in [1.82, 2.24) is 30.2 Å². The number of carbonyl (C=O) groups is 3. The SMILES string of the molecule is CC(C)(COP(=O)(O)OP(=O)(O)OC[C@H]1O[C@@H](n2cnc3c(N)ncnc32)[C@H](O)[C@@H]1OP(=O)(O)O)C(O)C(=O)NCCC(=O)NCCSC(=O)[C@H](O)Cc1ccccc1. The summed E-state index contributed by atoms with van der Waals surface area (Å²) in [6.45, 7) is 0.270. The molecule has 0 aliphatic carbocycles. The Morgan fingerprint density at radius 2 is 1.68 bits per heavy atom. The molecule has 0 saturated carbocycles. The van der Waals surface area contributed by atoms with Crippen LogP contribution in [0.3, 0.4) is 0 Å². The van der Waals surface area contributed by atoms with Crippen LogP contribution in [0.4, 0.5) is 5.82 Å². The van der Waals surface area contributed by atoms with E-state index in [4.69, 9.17) is 19.5 Å². The van der Waals surface area contributed by atoms with Crippen molar-refractivity contribution >= 4 is 69.1 Å². The van der Waals surface area contributed by atoms with Crippen LogP contribution < -0.4 is 16.4 Å². The lowest BCUT2D eigenvalue weighted by Gasteiger charge is -2.30. The standard InChI is InChI=1S/C30H44N7O18P3S/c1-30(2,24(41)27(42)33-9-8-20(39)32-10-11-59-29(43)18(38)12-17-6-4-3-5-7-17)14-52-58(49,50)55-57(47,48)51-13-19-23(54-56(44,45)46)22(40)28(53-19)37-16-36-21-25(31)34-15-35-26(21)37/h3-7,15-16,18-19,22-24,28,38,40-41H,8-14H2,1-2H3,(H,32,39)(H,33,42)(H,47,48)(H,49,50)(H2,31,34,35)(H2,44,45,46)/t18-,19-,22-,23-,24?,28-/m1/s1. The Morgan fingerprint density at radius 3 is 2.36 bits per heavy atom. The molecule has 0 spiro atoms. The van der Waals surface area contributed by atoms with Gasteiger partial charge in [0.2, 0.25) is 16.9 Å². The molecule has 8 atom stereocenters. The highest BCUT2D eigenvalue weighted by Gasteiger charge is 2.50. The minimum absolute atomic E-state index is 0.0239. The maximum atomic E-state index is 12.7. The fraction of sp³-hybridized carbons (Fsp3) is 0.533. The fourth-order valence-electron chi connectivity index (χ4n) is 5.30. The highest BCUT2D eigenvalue weighted by atomic mass is 32.2. The van der Waals surface area contributed by atoms with Crippen molar-refractivity contribution in [2.75, 3.05) is 37.8 Å². The summed E-state index contributed by atoms with van der Waals surface area (Å²) in [5.74, 6) is -1.37. The van der Waals surface area contributed by atoms with Gasteiger partial charge in [-0.05, 0) is 5.56 Å². The number of aromatic nitrogens is 4. The number of aliphatic hydroxyl groups is 3. The summed E-state index contributed by atoms with van der Waals surface area (Å²) in [7, 11) is -16.4. The molecule has 1 fully saturated rings. The van der Waals surface area contributed by atoms with Crippen molar-refractivity contribution in [2.45, 2.75) is 63.4 Å². The molecule has 4 rings (SSSR count). The van der Waals surface area contributed by atoms with Crippen molar-refractivity contribution in [3.05, 3.63) is 48.5 Å². The Kier molecular flexibility index (Phi) is 16.8. The van der Waals surface area contributed by atoms with Crippen LogP contribution in [0, 0.1) is 5.41 Å². The molecule has 3 unspecified atom stereocenters. The zero-order valence-corrected chi connectivity index (χ0v) is 34.7. The van der Waals surface area contributed by atoms with Crippen LogP contribution in [0.25, 0.3) is 11.2 Å². The molecule has 1 aliphatic heterocycles. The number of ether oxygens (including phenoxy) is 1. The molecule has 3 aromatic rings. The molecule has 328 valence electrons. The predicted octanol–water partition coefficient (Wildman–Crippen LogP) is -0.732. The molecule has 0 bridgehead atoms. The molecule has 3 heterocycles. The van der Waals surface area contributed by atoms with Gasteiger partial charge in [0, 0.05) is 37.1 Å². The van der Waals surface area contributed by atoms with E-state index in [1.165, 1.54) is 13.8 Å². The van der Waals surface area contributed by atoms with Gasteiger partial charge in [-0.15, -0.1) is 0 Å². The van der Waals surface area contributed by atoms with Gasteiger partial charge in [-0.25, -0.2) is 28.6 Å². The number of nitrogen functional groups attached to an aromatic ring is 1. The Bertz CT molecular complexity index is 2080. The molecule has 59 heavy (non-hydrogen) atoms. The molecule has 25 nitrogen and oxygen atoms in total. The summed E-state index contributed by atoms with van der Waals surface area (Å²) in [5, 5.41) is 36.0. The van der Waals surface area contributed by atoms with Crippen LogP contribution >= 0.6 is 35.2 Å². The average molecular weight is 916 g/mol. The largest absolute Gasteiger partial charge is 0.481 e. The predicted molar refractivity (Wildman–Crippen MR) is 203 cm³/mol. The molecule has 1 aromatic carbocycles. The number of fused-ring (bicyclic) bond motifs is 1. The van der Waals surface area contributed by atoms with Crippen molar-refractivity contribution < 1.29 is 85.6 Å². The Balaban J connectivity index is 1.20. The van der Waals surface area contributed by atoms with Crippen LogP contribution in [-0.2, 0) is 57.1 Å². The van der Waals surface area contributed by atoms with Gasteiger partial charge in [-0.2, -0.15) is 4.31 Å². The van der Waals surface area contributed by atoms with Crippen molar-refractivity contribution in [3.8, 4) is 0 Å². The minimum Gasteiger partial charge on any atom is -0.386 e. The Hall–Kier alpha value is -3.26. The zero-order chi connectivity index (χ0) is 43.8. The Morgan fingerprint density at radius 1 is 1.00 bits per heavy atom. The lowest BCUT2D eigenvalue weighted by atomic mass is 9.87. The number of imidazole rings is 1. The monoisotopic (exact) mass is 915 g/mol. The molecule has 2 amide bonds. The average Bonchev–Trinajstić information content (AvgIpc) is 3.71. The first kappa shape index (κ1) is 48.4. The molecule has 1 aliphatic rings. The number of nitrogens with one attached hydrogen (secondary N) is 2. The number of amides is 2. The third-order valence-electron chi connectivity index (χ3n) is 8.29. The molecule has 2 aromatic heterocycles. The topological polar surface area (TPSA) is 384 Å². The number of carbonyl (C=O) groups excluding carboxylic acids is 3. The number of phosphoric ester groups is 3. The van der Waals surface area contributed by atoms with E-state index < -0.39 is 95.8 Å². The van der Waals surface area contributed by atoms with Crippen LogP contribution in [0.5, 0.6) is 0 Å². The minimum atomic E-state index is -5.59. The first-order chi connectivity index (χ1) is 27.5. The lowest BCUT2D eigenvalue weighted by Crippen LogP contribution is -2.46. The van der Waals surface area contributed by atoms with Gasteiger partial charge in [0.05, 0.1) is 19.5 Å². The van der Waals surface area contributed by atoms with E-state index in [9.17, 15) is 63.0 Å². The number of nitrogens with two attached hydrogens (primary N) is 1. The third kappa shape index (κ3) is 14.4. The lowest BCUT2D eigenvalue weighted by molar-refractivity contribution is -0.137. The number of rotatable bonds is 22. The summed E-state index contributed by atoms with van der Waals surface area (Å²) in [5.41, 5.74) is 5.01. The molecular formula is C30H44N7O18P3S. The van der Waals surface area contributed by atoms with Gasteiger partial charge in [-0.1, -0.05) is 55.9 Å². The number of nitrogens with zero attached hydrogens (tertiary/aromatic N) is 4. The van der Waals surface area contributed by atoms with E-state index in [1.54, 1.807) is 24.3 Å². The molecular weight excluding hydrogens is 871 g/mol. The number of anilines is 1. The summed E-state index contributed by atoms with van der Waals surface area (Å²) in [6, 6.07) is 8.94. The van der Waals surface area contributed by atoms with Crippen LogP contribution in [-0.4, -0.2) is 134 Å². The highest BCUT2D eigenvalue weighted by Crippen LogP contribution is 2.61. The Labute approximate surface area is 339 Å². The quantitative estimate of drug-likeness (QED) is 0.0438. The zero-order valence-electron chi connectivity index (χ0n) is 31.2. The molecule has 11 N–H and O–H groups in total. The van der Waals surface area contributed by atoms with Crippen LogP contribution in [0.15, 0.2) is 43.0 Å². The second-order valence-electron chi connectivity index (χ2n) is 13.4. The van der Waals surface area contributed by atoms with Crippen LogP contribution in [0.1, 0.15) is 32.1 Å². The van der Waals surface area contributed by atoms with Crippen molar-refractivity contribution in [3.63, 3.8) is 0 Å². The van der Waals surface area contributed by atoms with Gasteiger partial charge in [0.15, 0.2) is 17.7 Å². The number of hydrogen-bond donors (Lipinski definition) is 10. The van der Waals surface area contributed by atoms with E-state index in [0.717, 1.165) is 34.5 Å². The third-order valence-corrected chi connectivity index (χ3v) is 12.4. The highest BCUT2D eigenvalue weighted by molar-refractivity contribution is 8.13. The first-order valence-electron chi connectivity index (χ1n) is 17.3. The van der Waals surface area contributed by atoms with E-state index in [-0.39, 0.29) is 48.7 Å². The summed E-state index contributed by atoms with van der Waals surface area (Å²) < 4.78 is 62.1. The van der Waals surface area contributed by atoms with E-state index in [0.29, 0.717) is 0 Å². The smallest absolute Gasteiger partial charge is 0.386 e. The second-order valence-corrected chi connectivity index (χ2v) is 18.8. The van der Waals surface area contributed by atoms with Crippen molar-refractivity contribution in [1.29, 1.82) is 0 Å². The number of thioether (sulfide) groups is 1. The number of phosphoric acid groups is 3. The summed E-state index contributed by atoms with van der Waals surface area (Å²) >= 11 is 0.848. The normalized spacial score (nSPS) is 21.6. The van der Waals surface area contributed by atoms with Gasteiger partial charge >= 0.3 is 23.5 Å². The molecule has 0 radical (unpaired) electrons. The number of aliphatic hydroxyl groups excluding tert-OH is 3. The maximum Gasteiger partial charge on any atom is 0.481 e. The summed E-state index contributed by atoms with van der Waals surface area (Å²) in [6.07, 6.45) is -8.11. The fourth-order valence-corrected chi connectivity index (χ4v) is 8.81. The second kappa shape index (κ2) is 20.5. The van der Waals surface area contributed by atoms with Crippen molar-refractivity contribution in [2.24, 2.45) is 5.41 Å². The first-order valence-corrected chi connectivity index (χ1v) is 22.8. The van der Waals surface area contributed by atoms with Gasteiger partial charge in [0.25, 0.3) is 0 Å². The van der Waals surface area contributed by atoms with Gasteiger partial charge in [0.1, 0.15) is 42.4 Å². The number of benzene rings is 1. The van der Waals surface area contributed by atoms with E-state index in [2.05, 4.69) is 34.4 Å². The maximum absolute atomic E-state index is 12.7. The number of hydrogen-bond acceptors (Lipinski definition) is 19. The van der Waals surface area contributed by atoms with E-state index >= 15 is 0 Å². The summed E-state index contributed by atoms with van der Waals surface area (Å²) in [4.78, 5) is 87.9. The van der Waals surface area contributed by atoms with Crippen LogP contribution in [0.2, 0.25) is 0 Å². The molecule has 29 heteroatoms. The van der Waals surface area contributed by atoms with Gasteiger partial charge in [-0.3, -0.25) is 32.5 Å². The van der Waals surface area contributed by atoms with Gasteiger partial charge < -0.3 is 56.0 Å². The molecule has 1 saturated heterocycles.